The van der Waals surface area contributed by atoms with Crippen molar-refractivity contribution in [1.82, 2.24) is 0 Å². The van der Waals surface area contributed by atoms with Gasteiger partial charge in [-0.15, -0.1) is 0 Å². The van der Waals surface area contributed by atoms with Gasteiger partial charge >= 0.3 is 0 Å². The second kappa shape index (κ2) is 12.5. The zero-order valence-corrected chi connectivity index (χ0v) is 28.4. The van der Waals surface area contributed by atoms with Gasteiger partial charge in [0.15, 0.2) is 0 Å². The summed E-state index contributed by atoms with van der Waals surface area (Å²) in [4.78, 5) is 2.36. The van der Waals surface area contributed by atoms with E-state index in [1.807, 2.05) is 0 Å². The van der Waals surface area contributed by atoms with E-state index in [4.69, 9.17) is 4.42 Å². The van der Waals surface area contributed by atoms with Crippen molar-refractivity contribution in [2.75, 3.05) is 4.90 Å². The fourth-order valence-electron chi connectivity index (χ4n) is 7.60. The topological polar surface area (TPSA) is 16.4 Å². The lowest BCUT2D eigenvalue weighted by atomic mass is 9.97. The van der Waals surface area contributed by atoms with Gasteiger partial charge in [0.1, 0.15) is 11.2 Å². The van der Waals surface area contributed by atoms with E-state index < -0.39 is 0 Å². The van der Waals surface area contributed by atoms with Gasteiger partial charge in [0, 0.05) is 27.7 Å². The van der Waals surface area contributed by atoms with E-state index in [0.717, 1.165) is 50.1 Å². The molecule has 1 heterocycles. The molecule has 0 saturated heterocycles. The molecule has 0 unspecified atom stereocenters. The second-order valence-electron chi connectivity index (χ2n) is 13.4. The number of benzene rings is 9. The van der Waals surface area contributed by atoms with Crippen LogP contribution in [0.15, 0.2) is 205 Å². The average molecular weight is 664 g/mol. The normalized spacial score (nSPS) is 11.5. The first-order valence-corrected chi connectivity index (χ1v) is 17.7. The minimum atomic E-state index is 0.895. The van der Waals surface area contributed by atoms with Crippen LogP contribution >= 0.6 is 0 Å². The first-order valence-electron chi connectivity index (χ1n) is 17.7. The molecule has 0 aliphatic heterocycles. The number of fused-ring (bicyclic) bond motifs is 5. The quantitative estimate of drug-likeness (QED) is 0.176. The lowest BCUT2D eigenvalue weighted by Crippen LogP contribution is -2.11. The molecule has 10 aromatic rings. The van der Waals surface area contributed by atoms with Crippen molar-refractivity contribution in [2.45, 2.75) is 0 Å². The van der Waals surface area contributed by atoms with Crippen LogP contribution in [0.2, 0.25) is 0 Å². The van der Waals surface area contributed by atoms with E-state index in [9.17, 15) is 0 Å². The zero-order valence-electron chi connectivity index (χ0n) is 28.4. The molecule has 9 aromatic carbocycles. The third-order valence-corrected chi connectivity index (χ3v) is 10.2. The van der Waals surface area contributed by atoms with Gasteiger partial charge in [-0.3, -0.25) is 0 Å². The molecule has 0 saturated carbocycles. The van der Waals surface area contributed by atoms with E-state index in [2.05, 4.69) is 205 Å². The Labute approximate surface area is 302 Å². The standard InChI is InChI=1S/C50H33NO/c1-2-17-43(18-3-1)51(44-26-23-35(24-27-44)37-15-10-16-38(29-37)41-22-21-34-11-4-5-12-36(34)30-41)48-20-9-8-19-45(48)42-25-28-49-46(32-42)47-31-39-13-6-7-14-40(39)33-50(47)52-49/h1-33H. The summed E-state index contributed by atoms with van der Waals surface area (Å²) in [5, 5.41) is 7.15. The molecular formula is C50H33NO. The van der Waals surface area contributed by atoms with Gasteiger partial charge in [-0.05, 0) is 116 Å². The van der Waals surface area contributed by atoms with Gasteiger partial charge in [-0.2, -0.15) is 0 Å². The van der Waals surface area contributed by atoms with Gasteiger partial charge in [0.05, 0.1) is 5.69 Å². The van der Waals surface area contributed by atoms with Gasteiger partial charge in [0.25, 0.3) is 0 Å². The molecule has 0 amide bonds. The fraction of sp³-hybridized carbons (Fsp3) is 0. The monoisotopic (exact) mass is 663 g/mol. The molecule has 0 radical (unpaired) electrons. The van der Waals surface area contributed by atoms with Gasteiger partial charge in [-0.25, -0.2) is 0 Å². The molecular weight excluding hydrogens is 631 g/mol. The summed E-state index contributed by atoms with van der Waals surface area (Å²) in [7, 11) is 0. The summed E-state index contributed by atoms with van der Waals surface area (Å²) in [5.41, 5.74) is 12.2. The SMILES string of the molecule is c1ccc(N(c2ccc(-c3cccc(-c4ccc5ccccc5c4)c3)cc2)c2ccccc2-c2ccc3oc4cc5ccccc5cc4c3c2)cc1. The molecule has 2 heteroatoms. The van der Waals surface area contributed by atoms with Crippen LogP contribution in [0.25, 0.3) is 76.9 Å². The highest BCUT2D eigenvalue weighted by atomic mass is 16.3. The highest BCUT2D eigenvalue weighted by Gasteiger charge is 2.18. The van der Waals surface area contributed by atoms with Crippen LogP contribution in [0.5, 0.6) is 0 Å². The smallest absolute Gasteiger partial charge is 0.136 e. The van der Waals surface area contributed by atoms with E-state index >= 15 is 0 Å². The molecule has 52 heavy (non-hydrogen) atoms. The molecule has 2 nitrogen and oxygen atoms in total. The fourth-order valence-corrected chi connectivity index (χ4v) is 7.60. The van der Waals surface area contributed by atoms with Gasteiger partial charge in [0.2, 0.25) is 0 Å². The van der Waals surface area contributed by atoms with E-state index in [1.165, 1.54) is 43.8 Å². The molecule has 0 atom stereocenters. The lowest BCUT2D eigenvalue weighted by molar-refractivity contribution is 0.669. The Morgan fingerprint density at radius 1 is 0.308 bits per heavy atom. The number of rotatable bonds is 6. The van der Waals surface area contributed by atoms with E-state index in [1.54, 1.807) is 0 Å². The van der Waals surface area contributed by atoms with Crippen molar-refractivity contribution < 1.29 is 4.42 Å². The number of para-hydroxylation sites is 2. The Balaban J connectivity index is 1.05. The molecule has 0 spiro atoms. The largest absolute Gasteiger partial charge is 0.456 e. The molecule has 244 valence electrons. The van der Waals surface area contributed by atoms with Crippen molar-refractivity contribution in [1.29, 1.82) is 0 Å². The summed E-state index contributed by atoms with van der Waals surface area (Å²) in [5.74, 6) is 0. The Kier molecular flexibility index (Phi) is 7.18. The maximum absolute atomic E-state index is 6.35. The Morgan fingerprint density at radius 2 is 0.885 bits per heavy atom. The second-order valence-corrected chi connectivity index (χ2v) is 13.4. The maximum atomic E-state index is 6.35. The Hall–Kier alpha value is -6.90. The number of nitrogens with zero attached hydrogens (tertiary/aromatic N) is 1. The van der Waals surface area contributed by atoms with Crippen molar-refractivity contribution in [3.63, 3.8) is 0 Å². The average Bonchev–Trinajstić information content (AvgIpc) is 3.57. The Bertz CT molecular complexity index is 2900. The van der Waals surface area contributed by atoms with Gasteiger partial charge in [-0.1, -0.05) is 133 Å². The summed E-state index contributed by atoms with van der Waals surface area (Å²) >= 11 is 0. The van der Waals surface area contributed by atoms with Crippen LogP contribution in [0.1, 0.15) is 0 Å². The molecule has 10 rings (SSSR count). The van der Waals surface area contributed by atoms with Crippen LogP contribution in [-0.4, -0.2) is 0 Å². The molecule has 0 bridgehead atoms. The number of hydrogen-bond donors (Lipinski definition) is 0. The third kappa shape index (κ3) is 5.30. The summed E-state index contributed by atoms with van der Waals surface area (Å²) < 4.78 is 6.35. The predicted octanol–water partition coefficient (Wildman–Crippen LogP) is 14.4. The molecule has 0 N–H and O–H groups in total. The van der Waals surface area contributed by atoms with Crippen LogP contribution in [0.3, 0.4) is 0 Å². The molecule has 0 aliphatic carbocycles. The van der Waals surface area contributed by atoms with E-state index in [0.29, 0.717) is 0 Å². The lowest BCUT2D eigenvalue weighted by Gasteiger charge is -2.28. The van der Waals surface area contributed by atoms with Crippen LogP contribution in [-0.2, 0) is 0 Å². The minimum absolute atomic E-state index is 0.895. The summed E-state index contributed by atoms with van der Waals surface area (Å²) in [6.45, 7) is 0. The molecule has 0 fully saturated rings. The van der Waals surface area contributed by atoms with Crippen molar-refractivity contribution in [3.05, 3.63) is 200 Å². The minimum Gasteiger partial charge on any atom is -0.456 e. The van der Waals surface area contributed by atoms with E-state index in [-0.39, 0.29) is 0 Å². The first-order chi connectivity index (χ1) is 25.7. The van der Waals surface area contributed by atoms with Crippen LogP contribution in [0, 0.1) is 0 Å². The summed E-state index contributed by atoms with van der Waals surface area (Å²) in [6.07, 6.45) is 0. The number of anilines is 3. The predicted molar refractivity (Wildman–Crippen MR) is 220 cm³/mol. The summed E-state index contributed by atoms with van der Waals surface area (Å²) in [6, 6.07) is 71.8. The number of hydrogen-bond acceptors (Lipinski definition) is 2. The number of furan rings is 1. The van der Waals surface area contributed by atoms with Crippen LogP contribution < -0.4 is 4.90 Å². The third-order valence-electron chi connectivity index (χ3n) is 10.2. The molecule has 0 aliphatic rings. The molecule has 1 aromatic heterocycles. The van der Waals surface area contributed by atoms with Crippen molar-refractivity contribution in [3.8, 4) is 33.4 Å². The van der Waals surface area contributed by atoms with Crippen molar-refractivity contribution >= 4 is 60.5 Å². The highest BCUT2D eigenvalue weighted by Crippen LogP contribution is 2.43. The Morgan fingerprint density at radius 3 is 1.69 bits per heavy atom. The van der Waals surface area contributed by atoms with Crippen molar-refractivity contribution in [2.24, 2.45) is 0 Å². The maximum Gasteiger partial charge on any atom is 0.136 e. The first kappa shape index (κ1) is 30.0. The van der Waals surface area contributed by atoms with Crippen LogP contribution in [0.4, 0.5) is 17.1 Å². The van der Waals surface area contributed by atoms with Gasteiger partial charge < -0.3 is 9.32 Å². The highest BCUT2D eigenvalue weighted by molar-refractivity contribution is 6.11. The zero-order chi connectivity index (χ0) is 34.4.